The number of piperidine rings is 1. The minimum absolute atomic E-state index is 0.0640. The molecular formula is C19H21F3N2O4. The lowest BCUT2D eigenvalue weighted by Gasteiger charge is -2.35. The van der Waals surface area contributed by atoms with Crippen molar-refractivity contribution in [2.24, 2.45) is 11.8 Å². The minimum atomic E-state index is -4.66. The summed E-state index contributed by atoms with van der Waals surface area (Å²) in [7, 11) is 0. The molecule has 0 radical (unpaired) electrons. The summed E-state index contributed by atoms with van der Waals surface area (Å²) < 4.78 is 40.0. The zero-order chi connectivity index (χ0) is 20.6. The lowest BCUT2D eigenvalue weighted by molar-refractivity contribution is -0.145. The molecule has 3 rings (SSSR count). The van der Waals surface area contributed by atoms with E-state index in [9.17, 15) is 32.7 Å². The van der Waals surface area contributed by atoms with Crippen LogP contribution in [0.15, 0.2) is 18.2 Å². The van der Waals surface area contributed by atoms with Gasteiger partial charge in [-0.25, -0.2) is 0 Å². The van der Waals surface area contributed by atoms with Gasteiger partial charge in [-0.2, -0.15) is 13.2 Å². The van der Waals surface area contributed by atoms with E-state index >= 15 is 0 Å². The second-order valence-electron chi connectivity index (χ2n) is 7.38. The van der Waals surface area contributed by atoms with E-state index in [0.29, 0.717) is 13.0 Å². The molecule has 2 heterocycles. The van der Waals surface area contributed by atoms with Crippen LogP contribution in [-0.2, 0) is 15.8 Å². The van der Waals surface area contributed by atoms with Gasteiger partial charge in [0.15, 0.2) is 0 Å². The Bertz CT molecular complexity index is 809. The van der Waals surface area contributed by atoms with E-state index in [1.807, 2.05) is 0 Å². The molecule has 0 aliphatic carbocycles. The highest BCUT2D eigenvalue weighted by molar-refractivity contribution is 5.99. The van der Waals surface area contributed by atoms with Gasteiger partial charge in [0.1, 0.15) is 0 Å². The molecule has 0 spiro atoms. The standard InChI is InChI=1S/C19H21F3N2O4/c1-11-10-23(6-4-15(11)18(27)28)17(26)12-7-13(19(20,21)22)9-14(8-12)24-5-2-3-16(24)25/h7-9,11,15H,2-6,10H2,1H3,(H,27,28). The molecule has 0 bridgehead atoms. The van der Waals surface area contributed by atoms with E-state index in [-0.39, 0.29) is 49.0 Å². The van der Waals surface area contributed by atoms with Crippen molar-refractivity contribution in [3.63, 3.8) is 0 Å². The number of hydrogen-bond acceptors (Lipinski definition) is 3. The van der Waals surface area contributed by atoms with Gasteiger partial charge < -0.3 is 14.9 Å². The maximum absolute atomic E-state index is 13.3. The number of benzene rings is 1. The van der Waals surface area contributed by atoms with Crippen molar-refractivity contribution >= 4 is 23.5 Å². The number of aliphatic carboxylic acids is 1. The second-order valence-corrected chi connectivity index (χ2v) is 7.38. The Morgan fingerprint density at radius 1 is 1.18 bits per heavy atom. The van der Waals surface area contributed by atoms with Gasteiger partial charge in [-0.15, -0.1) is 0 Å². The maximum Gasteiger partial charge on any atom is 0.416 e. The van der Waals surface area contributed by atoms with E-state index in [0.717, 1.165) is 12.1 Å². The third-order valence-electron chi connectivity index (χ3n) is 5.39. The Labute approximate surface area is 159 Å². The van der Waals surface area contributed by atoms with Crippen molar-refractivity contribution < 1.29 is 32.7 Å². The number of likely N-dealkylation sites (tertiary alicyclic amines) is 1. The first-order valence-corrected chi connectivity index (χ1v) is 9.12. The number of alkyl halides is 3. The average Bonchev–Trinajstić information content (AvgIpc) is 3.05. The highest BCUT2D eigenvalue weighted by atomic mass is 19.4. The molecule has 2 unspecified atom stereocenters. The highest BCUT2D eigenvalue weighted by Gasteiger charge is 2.36. The van der Waals surface area contributed by atoms with Crippen molar-refractivity contribution in [3.8, 4) is 0 Å². The van der Waals surface area contributed by atoms with Crippen LogP contribution in [-0.4, -0.2) is 47.4 Å². The van der Waals surface area contributed by atoms with Crippen LogP contribution in [0.1, 0.15) is 42.1 Å². The molecule has 1 aromatic carbocycles. The third kappa shape index (κ3) is 3.98. The van der Waals surface area contributed by atoms with Crippen LogP contribution in [0.2, 0.25) is 0 Å². The molecule has 2 amide bonds. The first kappa shape index (κ1) is 20.2. The Hall–Kier alpha value is -2.58. The molecule has 2 aliphatic rings. The number of carbonyl (C=O) groups is 3. The van der Waals surface area contributed by atoms with Gasteiger partial charge in [0.25, 0.3) is 5.91 Å². The first-order valence-electron chi connectivity index (χ1n) is 9.12. The number of hydrogen-bond donors (Lipinski definition) is 1. The van der Waals surface area contributed by atoms with E-state index in [2.05, 4.69) is 0 Å². The topological polar surface area (TPSA) is 77.9 Å². The van der Waals surface area contributed by atoms with Crippen molar-refractivity contribution in [1.29, 1.82) is 0 Å². The molecule has 2 aliphatic heterocycles. The summed E-state index contributed by atoms with van der Waals surface area (Å²) in [5.74, 6) is -2.68. The molecule has 0 saturated carbocycles. The van der Waals surface area contributed by atoms with Crippen LogP contribution in [0.25, 0.3) is 0 Å². The first-order chi connectivity index (χ1) is 13.1. The number of carboxylic acids is 1. The molecule has 2 saturated heterocycles. The summed E-state index contributed by atoms with van der Waals surface area (Å²) in [5.41, 5.74) is -1.07. The lowest BCUT2D eigenvalue weighted by Crippen LogP contribution is -2.45. The summed E-state index contributed by atoms with van der Waals surface area (Å²) in [5, 5.41) is 9.19. The number of amides is 2. The fourth-order valence-electron chi connectivity index (χ4n) is 3.85. The van der Waals surface area contributed by atoms with Gasteiger partial charge >= 0.3 is 12.1 Å². The van der Waals surface area contributed by atoms with Crippen LogP contribution in [0.4, 0.5) is 18.9 Å². The van der Waals surface area contributed by atoms with E-state index < -0.39 is 29.5 Å². The van der Waals surface area contributed by atoms with Crippen LogP contribution >= 0.6 is 0 Å². The van der Waals surface area contributed by atoms with Crippen LogP contribution in [0, 0.1) is 11.8 Å². The van der Waals surface area contributed by atoms with Crippen LogP contribution in [0.3, 0.4) is 0 Å². The van der Waals surface area contributed by atoms with Gasteiger partial charge in [-0.05, 0) is 37.0 Å². The number of halogens is 3. The fraction of sp³-hybridized carbons (Fsp3) is 0.526. The number of carboxylic acid groups (broad SMARTS) is 1. The Morgan fingerprint density at radius 3 is 2.43 bits per heavy atom. The number of rotatable bonds is 3. The Balaban J connectivity index is 1.91. The molecular weight excluding hydrogens is 377 g/mol. The second kappa shape index (κ2) is 7.44. The molecule has 9 heteroatoms. The Kier molecular flexibility index (Phi) is 5.36. The van der Waals surface area contributed by atoms with Crippen molar-refractivity contribution in [2.75, 3.05) is 24.5 Å². The highest BCUT2D eigenvalue weighted by Crippen LogP contribution is 2.35. The minimum Gasteiger partial charge on any atom is -0.481 e. The Morgan fingerprint density at radius 2 is 1.89 bits per heavy atom. The smallest absolute Gasteiger partial charge is 0.416 e. The summed E-state index contributed by atoms with van der Waals surface area (Å²) in [4.78, 5) is 38.7. The molecule has 152 valence electrons. The summed E-state index contributed by atoms with van der Waals surface area (Å²) in [6, 6.07) is 2.99. The zero-order valence-electron chi connectivity index (χ0n) is 15.3. The fourth-order valence-corrected chi connectivity index (χ4v) is 3.85. The normalized spacial score (nSPS) is 23.2. The molecule has 0 aromatic heterocycles. The van der Waals surface area contributed by atoms with Crippen LogP contribution in [0.5, 0.6) is 0 Å². The van der Waals surface area contributed by atoms with Crippen molar-refractivity contribution in [2.45, 2.75) is 32.4 Å². The number of anilines is 1. The lowest BCUT2D eigenvalue weighted by atomic mass is 9.86. The molecule has 2 atom stereocenters. The van der Waals surface area contributed by atoms with E-state index in [4.69, 9.17) is 0 Å². The van der Waals surface area contributed by atoms with Gasteiger partial charge in [-0.3, -0.25) is 14.4 Å². The van der Waals surface area contributed by atoms with Gasteiger partial charge in [0.05, 0.1) is 11.5 Å². The SMILES string of the molecule is CC1CN(C(=O)c2cc(N3CCCC3=O)cc(C(F)(F)F)c2)CCC1C(=O)O. The monoisotopic (exact) mass is 398 g/mol. The number of nitrogens with zero attached hydrogens (tertiary/aromatic N) is 2. The maximum atomic E-state index is 13.3. The van der Waals surface area contributed by atoms with E-state index in [1.165, 1.54) is 15.9 Å². The van der Waals surface area contributed by atoms with Crippen LogP contribution < -0.4 is 4.90 Å². The van der Waals surface area contributed by atoms with Gasteiger partial charge in [0, 0.05) is 37.3 Å². The largest absolute Gasteiger partial charge is 0.481 e. The summed E-state index contributed by atoms with van der Waals surface area (Å²) >= 11 is 0. The quantitative estimate of drug-likeness (QED) is 0.849. The molecule has 1 aromatic rings. The molecule has 2 fully saturated rings. The molecule has 28 heavy (non-hydrogen) atoms. The molecule has 6 nitrogen and oxygen atoms in total. The number of carbonyl (C=O) groups excluding carboxylic acids is 2. The van der Waals surface area contributed by atoms with E-state index in [1.54, 1.807) is 6.92 Å². The average molecular weight is 398 g/mol. The predicted octanol–water partition coefficient (Wildman–Crippen LogP) is 3.02. The zero-order valence-corrected chi connectivity index (χ0v) is 15.3. The van der Waals surface area contributed by atoms with Gasteiger partial charge in [-0.1, -0.05) is 6.92 Å². The third-order valence-corrected chi connectivity index (χ3v) is 5.39. The van der Waals surface area contributed by atoms with Crippen molar-refractivity contribution in [3.05, 3.63) is 29.3 Å². The van der Waals surface area contributed by atoms with Gasteiger partial charge in [0.2, 0.25) is 5.91 Å². The summed E-state index contributed by atoms with van der Waals surface area (Å²) in [6.07, 6.45) is -3.59. The van der Waals surface area contributed by atoms with Crippen molar-refractivity contribution in [1.82, 2.24) is 4.90 Å². The molecule has 1 N–H and O–H groups in total. The summed E-state index contributed by atoms with van der Waals surface area (Å²) in [6.45, 7) is 2.34. The predicted molar refractivity (Wildman–Crippen MR) is 93.8 cm³/mol.